The fourth-order valence-electron chi connectivity index (χ4n) is 2.07. The van der Waals surface area contributed by atoms with Crippen molar-refractivity contribution in [1.82, 2.24) is 20.8 Å². The smallest absolute Gasteiger partial charge is 0.315 e. The molecule has 2 N–H and O–H groups in total. The van der Waals surface area contributed by atoms with Gasteiger partial charge in [0.1, 0.15) is 0 Å². The molecule has 0 unspecified atom stereocenters. The van der Waals surface area contributed by atoms with Crippen molar-refractivity contribution in [2.75, 3.05) is 13.2 Å². The summed E-state index contributed by atoms with van der Waals surface area (Å²) in [4.78, 5) is 17.0. The summed E-state index contributed by atoms with van der Waals surface area (Å²) < 4.78 is 10.4. The molecule has 1 aliphatic heterocycles. The zero-order chi connectivity index (χ0) is 14.5. The van der Waals surface area contributed by atoms with Crippen molar-refractivity contribution in [3.8, 4) is 10.7 Å². The van der Waals surface area contributed by atoms with Gasteiger partial charge in [-0.15, -0.1) is 11.3 Å². The van der Waals surface area contributed by atoms with E-state index in [1.807, 2.05) is 17.5 Å². The van der Waals surface area contributed by atoms with Gasteiger partial charge in [0.2, 0.25) is 11.7 Å². The Kier molecular flexibility index (Phi) is 4.46. The summed E-state index contributed by atoms with van der Waals surface area (Å²) in [5.41, 5.74) is 0. The second kappa shape index (κ2) is 6.68. The van der Waals surface area contributed by atoms with E-state index in [-0.39, 0.29) is 18.6 Å². The van der Waals surface area contributed by atoms with Gasteiger partial charge in [-0.3, -0.25) is 0 Å². The molecule has 1 fully saturated rings. The third-order valence-corrected chi connectivity index (χ3v) is 4.03. The largest absolute Gasteiger partial charge is 0.381 e. The van der Waals surface area contributed by atoms with Crippen molar-refractivity contribution in [3.05, 3.63) is 23.4 Å². The Bertz CT molecular complexity index is 578. The van der Waals surface area contributed by atoms with Gasteiger partial charge in [0.25, 0.3) is 0 Å². The maximum atomic E-state index is 11.8. The highest BCUT2D eigenvalue weighted by Gasteiger charge is 2.16. The van der Waals surface area contributed by atoms with Crippen LogP contribution in [0.25, 0.3) is 10.7 Å². The lowest BCUT2D eigenvalue weighted by atomic mass is 10.1. The molecule has 0 spiro atoms. The Hall–Kier alpha value is -1.93. The van der Waals surface area contributed by atoms with Crippen LogP contribution in [0.3, 0.4) is 0 Å². The van der Waals surface area contributed by atoms with Crippen LogP contribution < -0.4 is 10.6 Å². The summed E-state index contributed by atoms with van der Waals surface area (Å²) in [6.45, 7) is 1.60. The highest BCUT2D eigenvalue weighted by atomic mass is 32.1. The fraction of sp³-hybridized carbons (Fsp3) is 0.462. The van der Waals surface area contributed by atoms with Crippen LogP contribution in [0, 0.1) is 0 Å². The number of carbonyl (C=O) groups excluding carboxylic acids is 1. The molecule has 0 radical (unpaired) electrons. The van der Waals surface area contributed by atoms with Crippen LogP contribution in [0.2, 0.25) is 0 Å². The molecule has 0 saturated carbocycles. The molecule has 21 heavy (non-hydrogen) atoms. The number of rotatable bonds is 4. The number of amides is 2. The van der Waals surface area contributed by atoms with E-state index in [9.17, 15) is 4.79 Å². The van der Waals surface area contributed by atoms with Crippen molar-refractivity contribution in [2.45, 2.75) is 25.4 Å². The van der Waals surface area contributed by atoms with E-state index in [1.54, 1.807) is 11.3 Å². The number of hydrogen-bond donors (Lipinski definition) is 2. The van der Waals surface area contributed by atoms with Gasteiger partial charge < -0.3 is 19.9 Å². The molecule has 7 nitrogen and oxygen atoms in total. The van der Waals surface area contributed by atoms with Crippen molar-refractivity contribution >= 4 is 17.4 Å². The zero-order valence-electron chi connectivity index (χ0n) is 11.4. The normalized spacial score (nSPS) is 15.8. The van der Waals surface area contributed by atoms with Crippen LogP contribution in [-0.4, -0.2) is 35.4 Å². The Morgan fingerprint density at radius 1 is 1.43 bits per heavy atom. The molecule has 0 aliphatic carbocycles. The maximum absolute atomic E-state index is 11.8. The quantitative estimate of drug-likeness (QED) is 0.898. The van der Waals surface area contributed by atoms with Crippen molar-refractivity contribution in [1.29, 1.82) is 0 Å². The number of hydrogen-bond acceptors (Lipinski definition) is 6. The molecule has 2 amide bonds. The summed E-state index contributed by atoms with van der Waals surface area (Å²) >= 11 is 1.54. The Labute approximate surface area is 125 Å². The lowest BCUT2D eigenvalue weighted by Crippen LogP contribution is -2.44. The van der Waals surface area contributed by atoms with Gasteiger partial charge >= 0.3 is 6.03 Å². The molecule has 1 aliphatic rings. The van der Waals surface area contributed by atoms with E-state index in [0.29, 0.717) is 24.9 Å². The summed E-state index contributed by atoms with van der Waals surface area (Å²) in [5, 5.41) is 11.5. The summed E-state index contributed by atoms with van der Waals surface area (Å²) in [6, 6.07) is 3.79. The Morgan fingerprint density at radius 2 is 2.29 bits per heavy atom. The number of carbonyl (C=O) groups is 1. The average molecular weight is 308 g/mol. The van der Waals surface area contributed by atoms with Gasteiger partial charge in [-0.25, -0.2) is 4.79 Å². The second-order valence-corrected chi connectivity index (χ2v) is 5.65. The third-order valence-electron chi connectivity index (χ3n) is 3.17. The van der Waals surface area contributed by atoms with E-state index in [4.69, 9.17) is 9.26 Å². The molecule has 3 heterocycles. The van der Waals surface area contributed by atoms with E-state index >= 15 is 0 Å². The first kappa shape index (κ1) is 14.0. The number of nitrogens with one attached hydrogen (secondary N) is 2. The first-order valence-corrected chi connectivity index (χ1v) is 7.68. The van der Waals surface area contributed by atoms with Gasteiger partial charge in [0.15, 0.2) is 0 Å². The number of aromatic nitrogens is 2. The standard InChI is InChI=1S/C13H16N4O3S/c18-13(15-9-3-5-19-6-4-9)14-8-11-16-12(17-20-11)10-2-1-7-21-10/h1-2,7,9H,3-6,8H2,(H2,14,15,18). The predicted octanol–water partition coefficient (Wildman–Crippen LogP) is 1.78. The van der Waals surface area contributed by atoms with Crippen LogP contribution >= 0.6 is 11.3 Å². The minimum atomic E-state index is -0.224. The van der Waals surface area contributed by atoms with Gasteiger partial charge in [-0.1, -0.05) is 11.2 Å². The van der Waals surface area contributed by atoms with E-state index in [2.05, 4.69) is 20.8 Å². The number of ether oxygens (including phenoxy) is 1. The van der Waals surface area contributed by atoms with Crippen LogP contribution in [0.4, 0.5) is 4.79 Å². The van der Waals surface area contributed by atoms with E-state index < -0.39 is 0 Å². The summed E-state index contributed by atoms with van der Waals surface area (Å²) in [7, 11) is 0. The van der Waals surface area contributed by atoms with Crippen molar-refractivity contribution in [2.24, 2.45) is 0 Å². The fourth-order valence-corrected chi connectivity index (χ4v) is 2.72. The van der Waals surface area contributed by atoms with Crippen LogP contribution in [0.5, 0.6) is 0 Å². The van der Waals surface area contributed by atoms with Gasteiger partial charge in [0, 0.05) is 19.3 Å². The molecule has 0 bridgehead atoms. The molecule has 8 heteroatoms. The minimum Gasteiger partial charge on any atom is -0.381 e. The number of nitrogens with zero attached hydrogens (tertiary/aromatic N) is 2. The van der Waals surface area contributed by atoms with Crippen LogP contribution in [0.15, 0.2) is 22.0 Å². The highest BCUT2D eigenvalue weighted by Crippen LogP contribution is 2.21. The van der Waals surface area contributed by atoms with E-state index in [0.717, 1.165) is 17.7 Å². The Balaban J connectivity index is 1.47. The van der Waals surface area contributed by atoms with Crippen LogP contribution in [0.1, 0.15) is 18.7 Å². The molecular formula is C13H16N4O3S. The van der Waals surface area contributed by atoms with Gasteiger partial charge in [0.05, 0.1) is 11.4 Å². The SMILES string of the molecule is O=C(NCc1nc(-c2cccs2)no1)NC1CCOCC1. The first-order chi connectivity index (χ1) is 10.3. The predicted molar refractivity (Wildman–Crippen MR) is 76.8 cm³/mol. The van der Waals surface area contributed by atoms with Crippen LogP contribution in [-0.2, 0) is 11.3 Å². The monoisotopic (exact) mass is 308 g/mol. The van der Waals surface area contributed by atoms with Crippen molar-refractivity contribution in [3.63, 3.8) is 0 Å². The molecule has 112 valence electrons. The van der Waals surface area contributed by atoms with Crippen molar-refractivity contribution < 1.29 is 14.1 Å². The third kappa shape index (κ3) is 3.79. The molecule has 1 saturated heterocycles. The molecular weight excluding hydrogens is 292 g/mol. The molecule has 3 rings (SSSR count). The minimum absolute atomic E-state index is 0.170. The summed E-state index contributed by atoms with van der Waals surface area (Å²) in [6.07, 6.45) is 1.69. The second-order valence-electron chi connectivity index (χ2n) is 4.70. The first-order valence-electron chi connectivity index (χ1n) is 6.80. The number of urea groups is 1. The molecule has 0 aromatic carbocycles. The summed E-state index contributed by atoms with van der Waals surface area (Å²) in [5.74, 6) is 0.937. The lowest BCUT2D eigenvalue weighted by molar-refractivity contribution is 0.0800. The molecule has 2 aromatic rings. The average Bonchev–Trinajstić information content (AvgIpc) is 3.17. The van der Waals surface area contributed by atoms with Gasteiger partial charge in [-0.05, 0) is 24.3 Å². The Morgan fingerprint density at radius 3 is 3.05 bits per heavy atom. The number of thiophene rings is 1. The zero-order valence-corrected chi connectivity index (χ0v) is 12.2. The van der Waals surface area contributed by atoms with E-state index in [1.165, 1.54) is 0 Å². The topological polar surface area (TPSA) is 89.3 Å². The lowest BCUT2D eigenvalue weighted by Gasteiger charge is -2.22. The highest BCUT2D eigenvalue weighted by molar-refractivity contribution is 7.13. The van der Waals surface area contributed by atoms with Gasteiger partial charge in [-0.2, -0.15) is 4.98 Å². The molecule has 0 atom stereocenters. The molecule has 2 aromatic heterocycles. The maximum Gasteiger partial charge on any atom is 0.315 e.